The van der Waals surface area contributed by atoms with Gasteiger partial charge in [0.1, 0.15) is 11.5 Å². The van der Waals surface area contributed by atoms with Gasteiger partial charge in [-0.2, -0.15) is 5.10 Å². The van der Waals surface area contributed by atoms with Crippen LogP contribution in [0.3, 0.4) is 0 Å². The van der Waals surface area contributed by atoms with Gasteiger partial charge >= 0.3 is 0 Å². The van der Waals surface area contributed by atoms with Crippen molar-refractivity contribution >= 4 is 17.2 Å². The molecule has 0 aliphatic carbocycles. The van der Waals surface area contributed by atoms with Crippen LogP contribution in [0.4, 0.5) is 0 Å². The number of aromatic amines is 1. The zero-order valence-electron chi connectivity index (χ0n) is 13.1. The third-order valence-electron chi connectivity index (χ3n) is 4.10. The van der Waals surface area contributed by atoms with Crippen molar-refractivity contribution < 1.29 is 14.3 Å². The minimum atomic E-state index is -0.316. The molecule has 4 rings (SSSR count). The monoisotopic (exact) mass is 341 g/mol. The van der Waals surface area contributed by atoms with Crippen LogP contribution in [0, 0.1) is 0 Å². The number of hydrogen-bond acceptors (Lipinski definition) is 5. The maximum atomic E-state index is 12.3. The molecule has 0 bridgehead atoms. The molecule has 1 atom stereocenters. The van der Waals surface area contributed by atoms with Gasteiger partial charge in [0.2, 0.25) is 0 Å². The molecule has 2 aromatic heterocycles. The number of carbonyl (C=O) groups is 1. The fourth-order valence-corrected chi connectivity index (χ4v) is 3.71. The van der Waals surface area contributed by atoms with Gasteiger partial charge in [-0.25, -0.2) is 0 Å². The number of fused-ring (bicyclic) bond motifs is 1. The molecule has 1 aliphatic rings. The quantitative estimate of drug-likeness (QED) is 0.765. The van der Waals surface area contributed by atoms with E-state index < -0.39 is 0 Å². The molecule has 0 fully saturated rings. The smallest absolute Gasteiger partial charge is 0.272 e. The van der Waals surface area contributed by atoms with E-state index in [-0.39, 0.29) is 11.9 Å². The van der Waals surface area contributed by atoms with Crippen LogP contribution in [0.1, 0.15) is 27.7 Å². The van der Waals surface area contributed by atoms with Crippen molar-refractivity contribution in [3.05, 3.63) is 52.5 Å². The zero-order valence-corrected chi connectivity index (χ0v) is 13.9. The molecule has 1 amide bonds. The van der Waals surface area contributed by atoms with Crippen LogP contribution in [-0.2, 0) is 0 Å². The van der Waals surface area contributed by atoms with Crippen LogP contribution in [0.25, 0.3) is 10.6 Å². The first-order valence-corrected chi connectivity index (χ1v) is 8.25. The Kier molecular flexibility index (Phi) is 3.50. The zero-order chi connectivity index (χ0) is 16.7. The van der Waals surface area contributed by atoms with Gasteiger partial charge in [-0.3, -0.25) is 9.89 Å². The maximum absolute atomic E-state index is 12.3. The molecule has 3 aromatic rings. The number of carbonyl (C=O) groups excluding carboxylic acids is 1. The van der Waals surface area contributed by atoms with Gasteiger partial charge in [-0.1, -0.05) is 6.07 Å². The number of hydrogen-bond donors (Lipinski definition) is 2. The fourth-order valence-electron chi connectivity index (χ4n) is 2.98. The van der Waals surface area contributed by atoms with Crippen LogP contribution in [-0.4, -0.2) is 30.3 Å². The van der Waals surface area contributed by atoms with Crippen molar-refractivity contribution in [2.75, 3.05) is 14.2 Å². The van der Waals surface area contributed by atoms with Gasteiger partial charge in [0.15, 0.2) is 5.69 Å². The highest BCUT2D eigenvalue weighted by Crippen LogP contribution is 2.41. The van der Waals surface area contributed by atoms with Crippen LogP contribution >= 0.6 is 11.3 Å². The number of ether oxygens (including phenoxy) is 2. The van der Waals surface area contributed by atoms with E-state index in [1.54, 1.807) is 25.6 Å². The lowest BCUT2D eigenvalue weighted by Gasteiger charge is -2.17. The molecule has 0 saturated heterocycles. The van der Waals surface area contributed by atoms with E-state index in [9.17, 15) is 4.79 Å². The summed E-state index contributed by atoms with van der Waals surface area (Å²) < 4.78 is 10.7. The summed E-state index contributed by atoms with van der Waals surface area (Å²) in [7, 11) is 3.21. The number of methoxy groups -OCH3 is 2. The average Bonchev–Trinajstić information content (AvgIpc) is 3.32. The van der Waals surface area contributed by atoms with Crippen molar-refractivity contribution in [3.63, 3.8) is 0 Å². The standard InChI is InChI=1S/C17H15N3O3S/c1-22-9-5-6-10(11(8-9)23-2)14-13-15(12-4-3-7-24-12)19-20-16(13)17(21)18-14/h3-8,14H,1-2H3,(H,18,21)(H,19,20). The van der Waals surface area contributed by atoms with Gasteiger partial charge < -0.3 is 14.8 Å². The van der Waals surface area contributed by atoms with Crippen molar-refractivity contribution in [1.29, 1.82) is 0 Å². The van der Waals surface area contributed by atoms with Gasteiger partial charge in [-0.15, -0.1) is 11.3 Å². The first-order valence-electron chi connectivity index (χ1n) is 7.38. The van der Waals surface area contributed by atoms with Gasteiger partial charge in [0, 0.05) is 17.2 Å². The summed E-state index contributed by atoms with van der Waals surface area (Å²) in [5, 5.41) is 12.2. The van der Waals surface area contributed by atoms with Crippen molar-refractivity contribution in [3.8, 4) is 22.1 Å². The summed E-state index contributed by atoms with van der Waals surface area (Å²) >= 11 is 1.60. The molecule has 3 heterocycles. The molecule has 24 heavy (non-hydrogen) atoms. The lowest BCUT2D eigenvalue weighted by Crippen LogP contribution is -2.21. The summed E-state index contributed by atoms with van der Waals surface area (Å²) in [6, 6.07) is 9.23. The minimum absolute atomic E-state index is 0.188. The number of rotatable bonds is 4. The molecule has 0 spiro atoms. The lowest BCUT2D eigenvalue weighted by atomic mass is 9.98. The third kappa shape index (κ3) is 2.16. The normalized spacial score (nSPS) is 15.9. The molecule has 122 valence electrons. The highest BCUT2D eigenvalue weighted by atomic mass is 32.1. The van der Waals surface area contributed by atoms with E-state index in [0.717, 1.165) is 21.7 Å². The molecular weight excluding hydrogens is 326 g/mol. The predicted octanol–water partition coefficient (Wildman–Crippen LogP) is 2.99. The molecule has 0 saturated carbocycles. The molecule has 2 N–H and O–H groups in total. The Bertz CT molecular complexity index is 902. The molecule has 6 nitrogen and oxygen atoms in total. The SMILES string of the molecule is COc1ccc(C2NC(=O)c3n[nH]c(-c4cccs4)c32)c(OC)c1. The van der Waals surface area contributed by atoms with Gasteiger partial charge in [0.25, 0.3) is 5.91 Å². The Labute approximate surface area is 142 Å². The fraction of sp³-hybridized carbons (Fsp3) is 0.176. The molecular formula is C17H15N3O3S. The number of benzene rings is 1. The van der Waals surface area contributed by atoms with Crippen LogP contribution in [0.2, 0.25) is 0 Å². The second-order valence-electron chi connectivity index (χ2n) is 5.35. The number of nitrogens with zero attached hydrogens (tertiary/aromatic N) is 1. The summed E-state index contributed by atoms with van der Waals surface area (Å²) in [6.45, 7) is 0. The Morgan fingerprint density at radius 1 is 1.21 bits per heavy atom. The highest BCUT2D eigenvalue weighted by molar-refractivity contribution is 7.13. The van der Waals surface area contributed by atoms with Crippen molar-refractivity contribution in [1.82, 2.24) is 15.5 Å². The molecule has 1 unspecified atom stereocenters. The van der Waals surface area contributed by atoms with Crippen LogP contribution < -0.4 is 14.8 Å². The third-order valence-corrected chi connectivity index (χ3v) is 4.99. The maximum Gasteiger partial charge on any atom is 0.272 e. The second-order valence-corrected chi connectivity index (χ2v) is 6.30. The first kappa shape index (κ1) is 14.8. The molecule has 1 aromatic carbocycles. The van der Waals surface area contributed by atoms with E-state index in [1.807, 2.05) is 35.7 Å². The summed E-state index contributed by atoms with van der Waals surface area (Å²) in [6.07, 6.45) is 0. The van der Waals surface area contributed by atoms with E-state index in [1.165, 1.54) is 0 Å². The predicted molar refractivity (Wildman–Crippen MR) is 90.8 cm³/mol. The number of H-pyrrole nitrogens is 1. The van der Waals surface area contributed by atoms with Crippen LogP contribution in [0.5, 0.6) is 11.5 Å². The van der Waals surface area contributed by atoms with Gasteiger partial charge in [0.05, 0.1) is 30.8 Å². The Balaban J connectivity index is 1.86. The topological polar surface area (TPSA) is 76.2 Å². The first-order chi connectivity index (χ1) is 11.7. The van der Waals surface area contributed by atoms with Crippen molar-refractivity contribution in [2.45, 2.75) is 6.04 Å². The number of amides is 1. The average molecular weight is 341 g/mol. The van der Waals surface area contributed by atoms with Crippen molar-refractivity contribution in [2.24, 2.45) is 0 Å². The van der Waals surface area contributed by atoms with E-state index in [0.29, 0.717) is 17.2 Å². The number of nitrogens with one attached hydrogen (secondary N) is 2. The summed E-state index contributed by atoms with van der Waals surface area (Å²) in [5.41, 5.74) is 3.01. The number of aromatic nitrogens is 2. The van der Waals surface area contributed by atoms with Crippen LogP contribution in [0.15, 0.2) is 35.7 Å². The highest BCUT2D eigenvalue weighted by Gasteiger charge is 2.37. The molecule has 0 radical (unpaired) electrons. The van der Waals surface area contributed by atoms with E-state index in [2.05, 4.69) is 15.5 Å². The Hall–Kier alpha value is -2.80. The molecule has 1 aliphatic heterocycles. The summed E-state index contributed by atoms with van der Waals surface area (Å²) in [5.74, 6) is 1.17. The molecule has 7 heteroatoms. The lowest BCUT2D eigenvalue weighted by molar-refractivity contribution is 0.0955. The minimum Gasteiger partial charge on any atom is -0.497 e. The van der Waals surface area contributed by atoms with Gasteiger partial charge in [-0.05, 0) is 23.6 Å². The second kappa shape index (κ2) is 5.68. The Morgan fingerprint density at radius 2 is 2.08 bits per heavy atom. The van der Waals surface area contributed by atoms with E-state index in [4.69, 9.17) is 9.47 Å². The summed E-state index contributed by atoms with van der Waals surface area (Å²) in [4.78, 5) is 13.3. The van der Waals surface area contributed by atoms with E-state index >= 15 is 0 Å². The largest absolute Gasteiger partial charge is 0.497 e. The number of thiophene rings is 1. The Morgan fingerprint density at radius 3 is 2.79 bits per heavy atom.